The third-order valence-electron chi connectivity index (χ3n) is 6.90. The van der Waals surface area contributed by atoms with Gasteiger partial charge in [-0.3, -0.25) is 14.2 Å². The van der Waals surface area contributed by atoms with Crippen LogP contribution in [-0.2, 0) is 4.79 Å². The summed E-state index contributed by atoms with van der Waals surface area (Å²) in [5, 5.41) is 16.9. The average Bonchev–Trinajstić information content (AvgIpc) is 3.32. The fourth-order valence-electron chi connectivity index (χ4n) is 5.01. The van der Waals surface area contributed by atoms with E-state index in [-0.39, 0.29) is 30.2 Å². The minimum absolute atomic E-state index is 0.0878. The lowest BCUT2D eigenvalue weighted by Gasteiger charge is -2.32. The molecule has 0 amide bonds. The van der Waals surface area contributed by atoms with Crippen molar-refractivity contribution >= 4 is 34.7 Å². The van der Waals surface area contributed by atoms with Gasteiger partial charge in [0, 0.05) is 24.0 Å². The normalized spacial score (nSPS) is 22.2. The SMILES string of the molecule is COc1c(N2CC[C@@H](C3(N)CC3)C2)c2c3c(cc(C(=O)O)c(=O)n3[C@@H](C)CO2)c1N.O=CO. The van der Waals surface area contributed by atoms with E-state index in [0.29, 0.717) is 34.0 Å². The Hall–Kier alpha value is -3.47. The number of carbonyl (C=O) groups is 2. The van der Waals surface area contributed by atoms with E-state index in [2.05, 4.69) is 4.90 Å². The molecule has 1 aromatic carbocycles. The number of anilines is 2. The smallest absolute Gasteiger partial charge is 0.341 e. The van der Waals surface area contributed by atoms with Crippen molar-refractivity contribution in [2.75, 3.05) is 37.4 Å². The van der Waals surface area contributed by atoms with E-state index in [4.69, 9.17) is 30.8 Å². The molecule has 11 nitrogen and oxygen atoms in total. The highest BCUT2D eigenvalue weighted by molar-refractivity contribution is 6.06. The van der Waals surface area contributed by atoms with Crippen LogP contribution in [0.25, 0.3) is 10.9 Å². The number of nitrogens with two attached hydrogens (primary N) is 2. The molecule has 2 aliphatic heterocycles. The minimum Gasteiger partial charge on any atom is -0.492 e. The van der Waals surface area contributed by atoms with Crippen molar-refractivity contribution in [3.8, 4) is 11.5 Å². The van der Waals surface area contributed by atoms with Gasteiger partial charge in [-0.1, -0.05) is 0 Å². The van der Waals surface area contributed by atoms with Crippen molar-refractivity contribution in [3.05, 3.63) is 22.0 Å². The number of carboxylic acids is 1. The average molecular weight is 460 g/mol. The van der Waals surface area contributed by atoms with Crippen LogP contribution in [0.3, 0.4) is 0 Å². The number of carboxylic acid groups (broad SMARTS) is 2. The van der Waals surface area contributed by atoms with Crippen molar-refractivity contribution in [2.24, 2.45) is 11.7 Å². The van der Waals surface area contributed by atoms with Crippen LogP contribution in [0.2, 0.25) is 0 Å². The minimum atomic E-state index is -1.28. The first-order chi connectivity index (χ1) is 15.7. The summed E-state index contributed by atoms with van der Waals surface area (Å²) in [4.78, 5) is 35.2. The fourth-order valence-corrected chi connectivity index (χ4v) is 5.01. The van der Waals surface area contributed by atoms with E-state index in [1.54, 1.807) is 0 Å². The van der Waals surface area contributed by atoms with Gasteiger partial charge in [-0.05, 0) is 38.2 Å². The van der Waals surface area contributed by atoms with E-state index in [1.165, 1.54) is 17.7 Å². The van der Waals surface area contributed by atoms with E-state index >= 15 is 0 Å². The molecule has 2 aromatic rings. The summed E-state index contributed by atoms with van der Waals surface area (Å²) in [6.07, 6.45) is 3.06. The number of hydrogen-bond donors (Lipinski definition) is 4. The number of methoxy groups -OCH3 is 1. The van der Waals surface area contributed by atoms with Crippen LogP contribution in [0.4, 0.5) is 11.4 Å². The molecule has 0 unspecified atom stereocenters. The van der Waals surface area contributed by atoms with Gasteiger partial charge in [0.05, 0.1) is 24.4 Å². The maximum absolute atomic E-state index is 13.0. The van der Waals surface area contributed by atoms with Gasteiger partial charge < -0.3 is 36.1 Å². The van der Waals surface area contributed by atoms with E-state index in [0.717, 1.165) is 38.0 Å². The Morgan fingerprint density at radius 2 is 2.06 bits per heavy atom. The number of ether oxygens (including phenoxy) is 2. The second-order valence-corrected chi connectivity index (χ2v) is 8.86. The molecule has 2 fully saturated rings. The standard InChI is InChI=1S/C21H26N4O5.CH2O2/c1-10-9-30-18-15-12(7-13(20(27)28)19(26)25(10)15)14(22)17(29-2)16(18)24-6-3-11(8-24)21(23)4-5-21;2-1-3/h7,10-11H,3-6,8-9,22-23H2,1-2H3,(H,27,28);1H,(H,2,3)/t10-,11+;/m0./s1. The molecule has 0 spiro atoms. The summed E-state index contributed by atoms with van der Waals surface area (Å²) in [6.45, 7) is 3.38. The van der Waals surface area contributed by atoms with Gasteiger partial charge in [0.25, 0.3) is 12.0 Å². The first-order valence-corrected chi connectivity index (χ1v) is 10.7. The lowest BCUT2D eigenvalue weighted by atomic mass is 9.97. The van der Waals surface area contributed by atoms with Gasteiger partial charge in [-0.2, -0.15) is 0 Å². The van der Waals surface area contributed by atoms with Crippen LogP contribution >= 0.6 is 0 Å². The quantitative estimate of drug-likeness (QED) is 0.385. The predicted molar refractivity (Wildman–Crippen MR) is 122 cm³/mol. The maximum atomic E-state index is 13.0. The summed E-state index contributed by atoms with van der Waals surface area (Å²) in [7, 11) is 1.53. The second-order valence-electron chi connectivity index (χ2n) is 8.86. The van der Waals surface area contributed by atoms with E-state index in [9.17, 15) is 14.7 Å². The molecule has 6 N–H and O–H groups in total. The predicted octanol–water partition coefficient (Wildman–Crippen LogP) is 1.26. The molecular formula is C22H28N4O7. The number of aromatic nitrogens is 1. The first-order valence-electron chi connectivity index (χ1n) is 10.7. The molecule has 3 heterocycles. The van der Waals surface area contributed by atoms with Crippen LogP contribution in [-0.4, -0.2) is 59.6 Å². The molecule has 0 bridgehead atoms. The molecule has 0 radical (unpaired) electrons. The third kappa shape index (κ3) is 3.52. The van der Waals surface area contributed by atoms with Gasteiger partial charge in [-0.15, -0.1) is 0 Å². The molecule has 2 atom stereocenters. The van der Waals surface area contributed by atoms with Gasteiger partial charge in [0.2, 0.25) is 0 Å². The highest BCUT2D eigenvalue weighted by Gasteiger charge is 2.48. The zero-order valence-electron chi connectivity index (χ0n) is 18.5. The van der Waals surface area contributed by atoms with Crippen LogP contribution in [0, 0.1) is 5.92 Å². The number of nitrogens with zero attached hydrogens (tertiary/aromatic N) is 2. The van der Waals surface area contributed by atoms with Gasteiger partial charge in [0.1, 0.15) is 17.9 Å². The number of nitrogen functional groups attached to an aromatic ring is 1. The molecule has 33 heavy (non-hydrogen) atoms. The lowest BCUT2D eigenvalue weighted by Crippen LogP contribution is -2.36. The van der Waals surface area contributed by atoms with Crippen LogP contribution in [0.5, 0.6) is 11.5 Å². The number of rotatable bonds is 4. The van der Waals surface area contributed by atoms with Crippen molar-refractivity contribution in [1.82, 2.24) is 4.57 Å². The summed E-state index contributed by atoms with van der Waals surface area (Å²) in [5.41, 5.74) is 13.5. The van der Waals surface area contributed by atoms with Crippen molar-refractivity contribution in [3.63, 3.8) is 0 Å². The zero-order chi connectivity index (χ0) is 24.1. The maximum Gasteiger partial charge on any atom is 0.341 e. The highest BCUT2D eigenvalue weighted by atomic mass is 16.5. The van der Waals surface area contributed by atoms with Crippen molar-refractivity contribution in [2.45, 2.75) is 37.8 Å². The second kappa shape index (κ2) is 8.14. The van der Waals surface area contributed by atoms with Crippen LogP contribution in [0.1, 0.15) is 42.6 Å². The zero-order valence-corrected chi connectivity index (χ0v) is 18.5. The molecule has 1 aromatic heterocycles. The van der Waals surface area contributed by atoms with Crippen LogP contribution < -0.4 is 31.4 Å². The van der Waals surface area contributed by atoms with Crippen LogP contribution in [0.15, 0.2) is 10.9 Å². The number of benzene rings is 1. The Morgan fingerprint density at radius 1 is 1.39 bits per heavy atom. The molecule has 1 aliphatic carbocycles. The summed E-state index contributed by atoms with van der Waals surface area (Å²) in [5.74, 6) is 0.0561. The van der Waals surface area contributed by atoms with Crippen molar-refractivity contribution in [1.29, 1.82) is 0 Å². The number of pyridine rings is 1. The number of hydrogen-bond acceptors (Lipinski definition) is 8. The van der Waals surface area contributed by atoms with Gasteiger partial charge in [0.15, 0.2) is 11.5 Å². The Bertz CT molecular complexity index is 1190. The third-order valence-corrected chi connectivity index (χ3v) is 6.90. The molecule has 5 rings (SSSR count). The molecule has 11 heteroatoms. The molecule has 178 valence electrons. The Labute approximate surface area is 189 Å². The Morgan fingerprint density at radius 3 is 2.64 bits per heavy atom. The topological polar surface area (TPSA) is 170 Å². The molecule has 1 saturated carbocycles. The van der Waals surface area contributed by atoms with E-state index in [1.807, 2.05) is 6.92 Å². The molecule has 1 saturated heterocycles. The summed E-state index contributed by atoms with van der Waals surface area (Å²) >= 11 is 0. The number of aromatic carboxylic acids is 1. The fraction of sp³-hybridized carbons (Fsp3) is 0.500. The summed E-state index contributed by atoms with van der Waals surface area (Å²) in [6, 6.07) is 1.01. The first kappa shape index (κ1) is 22.7. The molecular weight excluding hydrogens is 432 g/mol. The summed E-state index contributed by atoms with van der Waals surface area (Å²) < 4.78 is 13.3. The van der Waals surface area contributed by atoms with Crippen molar-refractivity contribution < 1.29 is 29.3 Å². The Balaban J connectivity index is 0.000000821. The monoisotopic (exact) mass is 460 g/mol. The Kier molecular flexibility index (Phi) is 5.61. The highest BCUT2D eigenvalue weighted by Crippen LogP contribution is 2.53. The largest absolute Gasteiger partial charge is 0.492 e. The molecule has 3 aliphatic rings. The van der Waals surface area contributed by atoms with Gasteiger partial charge in [-0.25, -0.2) is 4.79 Å². The lowest BCUT2D eigenvalue weighted by molar-refractivity contribution is -0.122. The van der Waals surface area contributed by atoms with Gasteiger partial charge >= 0.3 is 5.97 Å². The van der Waals surface area contributed by atoms with E-state index < -0.39 is 11.5 Å².